The lowest BCUT2D eigenvalue weighted by atomic mass is 9.95. The van der Waals surface area contributed by atoms with Crippen molar-refractivity contribution in [3.8, 4) is 17.0 Å². The third-order valence-electron chi connectivity index (χ3n) is 6.13. The average Bonchev–Trinajstić information content (AvgIpc) is 3.33. The summed E-state index contributed by atoms with van der Waals surface area (Å²) >= 11 is 6.32. The monoisotopic (exact) mass is 569 g/mol. The zero-order chi connectivity index (χ0) is 29.4. The summed E-state index contributed by atoms with van der Waals surface area (Å²) in [5.41, 5.74) is 8.86. The molecule has 2 aromatic carbocycles. The van der Waals surface area contributed by atoms with Gasteiger partial charge in [-0.1, -0.05) is 56.6 Å². The van der Waals surface area contributed by atoms with Crippen molar-refractivity contribution in [3.63, 3.8) is 0 Å². The molecule has 0 saturated heterocycles. The number of nitrogens with two attached hydrogens (primary N) is 1. The van der Waals surface area contributed by atoms with Gasteiger partial charge in [-0.05, 0) is 44.0 Å². The molecule has 3 aromatic rings. The number of amides is 2. The number of aromatic nitrogens is 2. The minimum Gasteiger partial charge on any atom is -0.489 e. The standard InChI is InChI=1S/C30H40ClN5O4/c1-19(2)40-26-11-10-22(15-24(26)31)28(39)34-23(16-33-27(38)18-37)14-20-6-8-21(9-7-20)25-17-36(13-12-32)29(35-25)30(3,4)5/h6-11,15,17,19,23,37H,12-14,16,18,32H2,1-5H3,(H,33,38)(H,34,39). The Hall–Kier alpha value is -3.40. The number of hydrogen-bond acceptors (Lipinski definition) is 6. The number of aliphatic hydroxyl groups is 1. The number of halogens is 1. The third kappa shape index (κ3) is 8.55. The quantitative estimate of drug-likeness (QED) is 0.263. The van der Waals surface area contributed by atoms with Crippen molar-refractivity contribution in [2.24, 2.45) is 5.73 Å². The van der Waals surface area contributed by atoms with Gasteiger partial charge in [-0.25, -0.2) is 4.98 Å². The normalized spacial score (nSPS) is 12.3. The van der Waals surface area contributed by atoms with E-state index in [9.17, 15) is 9.59 Å². The van der Waals surface area contributed by atoms with Crippen LogP contribution in [0.5, 0.6) is 5.75 Å². The Morgan fingerprint density at radius 2 is 1.85 bits per heavy atom. The number of nitrogens with one attached hydrogen (secondary N) is 2. The second-order valence-electron chi connectivity index (χ2n) is 11.0. The first-order valence-electron chi connectivity index (χ1n) is 13.4. The maximum Gasteiger partial charge on any atom is 0.251 e. The van der Waals surface area contributed by atoms with Gasteiger partial charge in [-0.3, -0.25) is 9.59 Å². The largest absolute Gasteiger partial charge is 0.489 e. The van der Waals surface area contributed by atoms with Gasteiger partial charge in [0, 0.05) is 42.4 Å². The van der Waals surface area contributed by atoms with Crippen LogP contribution in [-0.4, -0.2) is 58.3 Å². The zero-order valence-electron chi connectivity index (χ0n) is 23.8. The van der Waals surface area contributed by atoms with E-state index in [0.717, 1.165) is 22.6 Å². The first-order chi connectivity index (χ1) is 18.9. The molecule has 0 aliphatic heterocycles. The summed E-state index contributed by atoms with van der Waals surface area (Å²) in [6, 6.07) is 12.4. The van der Waals surface area contributed by atoms with E-state index < -0.39 is 18.6 Å². The third-order valence-corrected chi connectivity index (χ3v) is 6.43. The SMILES string of the molecule is CC(C)Oc1ccc(C(=O)NC(CNC(=O)CO)Cc2ccc(-c3cn(CCN)c(C(C)(C)C)n3)cc2)cc1Cl. The summed E-state index contributed by atoms with van der Waals surface area (Å²) in [4.78, 5) is 29.7. The molecule has 1 aromatic heterocycles. The van der Waals surface area contributed by atoms with Crippen molar-refractivity contribution in [3.05, 3.63) is 70.6 Å². The number of imidazole rings is 1. The van der Waals surface area contributed by atoms with E-state index in [2.05, 4.69) is 36.0 Å². The highest BCUT2D eigenvalue weighted by Gasteiger charge is 2.22. The Morgan fingerprint density at radius 1 is 1.15 bits per heavy atom. The number of carbonyl (C=O) groups excluding carboxylic acids is 2. The lowest BCUT2D eigenvalue weighted by Crippen LogP contribution is -2.45. The lowest BCUT2D eigenvalue weighted by molar-refractivity contribution is -0.123. The highest BCUT2D eigenvalue weighted by molar-refractivity contribution is 6.32. The second-order valence-corrected chi connectivity index (χ2v) is 11.4. The fourth-order valence-electron chi connectivity index (χ4n) is 4.29. The molecule has 0 radical (unpaired) electrons. The van der Waals surface area contributed by atoms with Gasteiger partial charge >= 0.3 is 0 Å². The van der Waals surface area contributed by atoms with Crippen molar-refractivity contribution in [2.45, 2.75) is 65.1 Å². The molecule has 0 aliphatic rings. The number of hydrogen-bond donors (Lipinski definition) is 4. The highest BCUT2D eigenvalue weighted by Crippen LogP contribution is 2.28. The molecule has 10 heteroatoms. The topological polar surface area (TPSA) is 132 Å². The van der Waals surface area contributed by atoms with Gasteiger partial charge in [0.2, 0.25) is 5.91 Å². The van der Waals surface area contributed by atoms with E-state index in [1.807, 2.05) is 44.3 Å². The molecule has 5 N–H and O–H groups in total. The summed E-state index contributed by atoms with van der Waals surface area (Å²) in [7, 11) is 0. The summed E-state index contributed by atoms with van der Waals surface area (Å²) in [6.07, 6.45) is 2.43. The van der Waals surface area contributed by atoms with E-state index in [1.165, 1.54) is 0 Å². The summed E-state index contributed by atoms with van der Waals surface area (Å²) in [5.74, 6) is 0.624. The zero-order valence-corrected chi connectivity index (χ0v) is 24.6. The van der Waals surface area contributed by atoms with Gasteiger partial charge in [-0.2, -0.15) is 0 Å². The lowest BCUT2D eigenvalue weighted by Gasteiger charge is -2.20. The number of rotatable bonds is 12. The number of nitrogens with zero attached hydrogens (tertiary/aromatic N) is 2. The van der Waals surface area contributed by atoms with E-state index >= 15 is 0 Å². The molecule has 3 rings (SSSR count). The maximum atomic E-state index is 13.1. The van der Waals surface area contributed by atoms with Gasteiger partial charge < -0.3 is 30.8 Å². The smallest absolute Gasteiger partial charge is 0.251 e. The molecule has 1 atom stereocenters. The van der Waals surface area contributed by atoms with Crippen molar-refractivity contribution < 1.29 is 19.4 Å². The molecule has 216 valence electrons. The minimum atomic E-state index is -0.629. The van der Waals surface area contributed by atoms with Crippen LogP contribution in [0, 0.1) is 0 Å². The van der Waals surface area contributed by atoms with E-state index in [-0.39, 0.29) is 24.0 Å². The van der Waals surface area contributed by atoms with Crippen LogP contribution in [0.1, 0.15) is 56.4 Å². The molecule has 0 fully saturated rings. The van der Waals surface area contributed by atoms with Gasteiger partial charge in [0.1, 0.15) is 18.2 Å². The van der Waals surface area contributed by atoms with Crippen LogP contribution in [0.2, 0.25) is 5.02 Å². The van der Waals surface area contributed by atoms with Gasteiger partial charge in [0.15, 0.2) is 0 Å². The molecule has 9 nitrogen and oxygen atoms in total. The Balaban J connectivity index is 1.77. The van der Waals surface area contributed by atoms with Gasteiger partial charge in [0.05, 0.1) is 22.9 Å². The molecule has 1 heterocycles. The predicted octanol–water partition coefficient (Wildman–Crippen LogP) is 3.70. The van der Waals surface area contributed by atoms with E-state index in [0.29, 0.717) is 35.8 Å². The molecule has 0 aliphatic carbocycles. The number of aliphatic hydroxyl groups excluding tert-OH is 1. The minimum absolute atomic E-state index is 0.0507. The van der Waals surface area contributed by atoms with Crippen LogP contribution < -0.4 is 21.1 Å². The molecule has 0 saturated carbocycles. The Morgan fingerprint density at radius 3 is 2.42 bits per heavy atom. The Kier molecular flexibility index (Phi) is 10.7. The Labute approximate surface area is 241 Å². The number of ether oxygens (including phenoxy) is 1. The van der Waals surface area contributed by atoms with E-state index in [4.69, 9.17) is 32.2 Å². The number of carbonyl (C=O) groups is 2. The molecule has 2 amide bonds. The molecule has 1 unspecified atom stereocenters. The molecule has 0 spiro atoms. The fourth-order valence-corrected chi connectivity index (χ4v) is 4.51. The van der Waals surface area contributed by atoms with E-state index in [1.54, 1.807) is 18.2 Å². The first-order valence-corrected chi connectivity index (χ1v) is 13.8. The molecular weight excluding hydrogens is 530 g/mol. The first kappa shape index (κ1) is 31.1. The Bertz CT molecular complexity index is 1300. The molecular formula is C30H40ClN5O4. The highest BCUT2D eigenvalue weighted by atomic mass is 35.5. The van der Waals surface area contributed by atoms with Gasteiger partial charge in [-0.15, -0.1) is 0 Å². The van der Waals surface area contributed by atoms with Crippen molar-refractivity contribution >= 4 is 23.4 Å². The van der Waals surface area contributed by atoms with Crippen LogP contribution >= 0.6 is 11.6 Å². The average molecular weight is 570 g/mol. The van der Waals surface area contributed by atoms with Gasteiger partial charge in [0.25, 0.3) is 5.91 Å². The molecule has 0 bridgehead atoms. The van der Waals surface area contributed by atoms with Crippen LogP contribution in [0.4, 0.5) is 0 Å². The van der Waals surface area contributed by atoms with Crippen LogP contribution in [0.15, 0.2) is 48.7 Å². The van der Waals surface area contributed by atoms with Crippen LogP contribution in [-0.2, 0) is 23.2 Å². The van der Waals surface area contributed by atoms with Crippen molar-refractivity contribution in [1.82, 2.24) is 20.2 Å². The predicted molar refractivity (Wildman–Crippen MR) is 158 cm³/mol. The molecule has 40 heavy (non-hydrogen) atoms. The van der Waals surface area contributed by atoms with Crippen LogP contribution in [0.25, 0.3) is 11.3 Å². The number of benzene rings is 2. The second kappa shape index (κ2) is 13.8. The fraction of sp³-hybridized carbons (Fsp3) is 0.433. The maximum absolute atomic E-state index is 13.1. The summed E-state index contributed by atoms with van der Waals surface area (Å²) < 4.78 is 7.75. The van der Waals surface area contributed by atoms with Crippen LogP contribution in [0.3, 0.4) is 0 Å². The summed E-state index contributed by atoms with van der Waals surface area (Å²) in [5, 5.41) is 15.1. The summed E-state index contributed by atoms with van der Waals surface area (Å²) in [6.45, 7) is 10.9. The van der Waals surface area contributed by atoms with Crippen molar-refractivity contribution in [2.75, 3.05) is 19.7 Å². The van der Waals surface area contributed by atoms with Crippen molar-refractivity contribution in [1.29, 1.82) is 0 Å².